The Hall–Kier alpha value is -2.42. The summed E-state index contributed by atoms with van der Waals surface area (Å²) in [5.41, 5.74) is 0.482. The van der Waals surface area contributed by atoms with Crippen LogP contribution in [0.2, 0.25) is 0 Å². The van der Waals surface area contributed by atoms with Crippen LogP contribution in [0.1, 0.15) is 11.7 Å². The van der Waals surface area contributed by atoms with Crippen molar-refractivity contribution >= 4 is 21.6 Å². The van der Waals surface area contributed by atoms with E-state index in [1.807, 2.05) is 0 Å². The van der Waals surface area contributed by atoms with Gasteiger partial charge in [0.25, 0.3) is 0 Å². The average molecular weight is 324 g/mol. The van der Waals surface area contributed by atoms with Crippen LogP contribution in [-0.4, -0.2) is 36.8 Å². The molecule has 118 valence electrons. The van der Waals surface area contributed by atoms with Crippen LogP contribution in [0.4, 0.5) is 5.69 Å². The van der Waals surface area contributed by atoms with Gasteiger partial charge in [0, 0.05) is 19.2 Å². The van der Waals surface area contributed by atoms with Crippen molar-refractivity contribution in [2.45, 2.75) is 13.3 Å². The Morgan fingerprint density at radius 2 is 2.00 bits per heavy atom. The summed E-state index contributed by atoms with van der Waals surface area (Å²) in [5, 5.41) is 6.09. The number of benzene rings is 1. The van der Waals surface area contributed by atoms with Crippen molar-refractivity contribution in [2.24, 2.45) is 0 Å². The second-order valence-corrected chi connectivity index (χ2v) is 6.39. The molecular formula is C13H16N4O4S. The molecule has 0 atom stereocenters. The minimum Gasteiger partial charge on any atom is -0.355 e. The van der Waals surface area contributed by atoms with Gasteiger partial charge in [0.05, 0.1) is 12.2 Å². The lowest BCUT2D eigenvalue weighted by Crippen LogP contribution is -2.32. The van der Waals surface area contributed by atoms with Crippen LogP contribution in [0.25, 0.3) is 0 Å². The number of rotatable bonds is 7. The lowest BCUT2D eigenvalue weighted by atomic mass is 10.3. The molecule has 2 aromatic rings. The van der Waals surface area contributed by atoms with Crippen LogP contribution >= 0.6 is 0 Å². The number of carbonyl (C=O) groups is 1. The third-order valence-corrected chi connectivity index (χ3v) is 3.92. The van der Waals surface area contributed by atoms with E-state index in [0.717, 1.165) is 0 Å². The van der Waals surface area contributed by atoms with E-state index in [1.54, 1.807) is 37.3 Å². The van der Waals surface area contributed by atoms with Crippen molar-refractivity contribution in [1.29, 1.82) is 0 Å². The van der Waals surface area contributed by atoms with Crippen LogP contribution in [0.15, 0.2) is 34.9 Å². The van der Waals surface area contributed by atoms with Gasteiger partial charge in [-0.2, -0.15) is 4.98 Å². The molecule has 0 aliphatic heterocycles. The molecule has 0 saturated carbocycles. The monoisotopic (exact) mass is 324 g/mol. The fraction of sp³-hybridized carbons (Fsp3) is 0.308. The Morgan fingerprint density at radius 1 is 1.27 bits per heavy atom. The predicted molar refractivity (Wildman–Crippen MR) is 79.6 cm³/mol. The topological polar surface area (TPSA) is 114 Å². The SMILES string of the molecule is Cc1nc(CC(=O)NCCS(=O)(=O)Nc2ccccc2)no1. The predicted octanol–water partition coefficient (Wildman–Crippen LogP) is 0.479. The molecule has 8 nitrogen and oxygen atoms in total. The first-order chi connectivity index (χ1) is 10.4. The molecule has 2 N–H and O–H groups in total. The molecule has 0 bridgehead atoms. The van der Waals surface area contributed by atoms with E-state index in [-0.39, 0.29) is 30.5 Å². The molecule has 22 heavy (non-hydrogen) atoms. The van der Waals surface area contributed by atoms with Gasteiger partial charge >= 0.3 is 0 Å². The molecule has 1 heterocycles. The zero-order chi connectivity index (χ0) is 16.0. The van der Waals surface area contributed by atoms with Crippen LogP contribution in [0, 0.1) is 6.92 Å². The van der Waals surface area contributed by atoms with Crippen LogP contribution < -0.4 is 10.0 Å². The first-order valence-electron chi connectivity index (χ1n) is 6.56. The van der Waals surface area contributed by atoms with Crippen LogP contribution in [0.5, 0.6) is 0 Å². The third-order valence-electron chi connectivity index (χ3n) is 2.63. The lowest BCUT2D eigenvalue weighted by molar-refractivity contribution is -0.120. The van der Waals surface area contributed by atoms with E-state index in [1.165, 1.54) is 0 Å². The Bertz CT molecular complexity index is 728. The molecular weight excluding hydrogens is 308 g/mol. The van der Waals surface area contributed by atoms with E-state index >= 15 is 0 Å². The minimum atomic E-state index is -3.51. The molecule has 0 radical (unpaired) electrons. The minimum absolute atomic E-state index is 0.00215. The molecule has 0 fully saturated rings. The summed E-state index contributed by atoms with van der Waals surface area (Å²) >= 11 is 0. The van der Waals surface area contributed by atoms with Crippen LogP contribution in [-0.2, 0) is 21.2 Å². The van der Waals surface area contributed by atoms with Gasteiger partial charge in [-0.25, -0.2) is 8.42 Å². The number of carbonyl (C=O) groups excluding carboxylic acids is 1. The molecule has 0 aliphatic carbocycles. The summed E-state index contributed by atoms with van der Waals surface area (Å²) in [4.78, 5) is 15.5. The number of hydrogen-bond donors (Lipinski definition) is 2. The van der Waals surface area contributed by atoms with E-state index in [9.17, 15) is 13.2 Å². The highest BCUT2D eigenvalue weighted by molar-refractivity contribution is 7.92. The number of para-hydroxylation sites is 1. The summed E-state index contributed by atoms with van der Waals surface area (Å²) in [6.07, 6.45) is -0.0521. The van der Waals surface area contributed by atoms with Crippen molar-refractivity contribution in [1.82, 2.24) is 15.5 Å². The molecule has 1 aromatic carbocycles. The molecule has 0 unspecified atom stereocenters. The van der Waals surface area contributed by atoms with E-state index in [2.05, 4.69) is 20.2 Å². The van der Waals surface area contributed by atoms with Crippen molar-refractivity contribution < 1.29 is 17.7 Å². The first kappa shape index (κ1) is 16.0. The molecule has 9 heteroatoms. The Morgan fingerprint density at radius 3 is 2.64 bits per heavy atom. The van der Waals surface area contributed by atoms with Crippen molar-refractivity contribution in [3.8, 4) is 0 Å². The number of aryl methyl sites for hydroxylation is 1. The summed E-state index contributed by atoms with van der Waals surface area (Å²) < 4.78 is 30.9. The number of amides is 1. The zero-order valence-electron chi connectivity index (χ0n) is 11.9. The average Bonchev–Trinajstić information content (AvgIpc) is 2.84. The van der Waals surface area contributed by atoms with Crippen LogP contribution in [0.3, 0.4) is 0 Å². The van der Waals surface area contributed by atoms with E-state index in [4.69, 9.17) is 4.52 Å². The van der Waals surface area contributed by atoms with Gasteiger partial charge in [0.2, 0.25) is 21.8 Å². The summed E-state index contributed by atoms with van der Waals surface area (Å²) in [5.74, 6) is 0.0484. The number of nitrogens with one attached hydrogen (secondary N) is 2. The first-order valence-corrected chi connectivity index (χ1v) is 8.21. The van der Waals surface area contributed by atoms with Crippen molar-refractivity contribution in [3.05, 3.63) is 42.0 Å². The Kier molecular flexibility index (Phi) is 5.10. The quantitative estimate of drug-likeness (QED) is 0.765. The van der Waals surface area contributed by atoms with Gasteiger partial charge in [0.15, 0.2) is 5.82 Å². The molecule has 0 aliphatic rings. The molecule has 2 rings (SSSR count). The standard InChI is InChI=1S/C13H16N4O4S/c1-10-15-12(16-21-10)9-13(18)14-7-8-22(19,20)17-11-5-3-2-4-6-11/h2-6,17H,7-9H2,1H3,(H,14,18). The maximum Gasteiger partial charge on any atom is 0.234 e. The van der Waals surface area contributed by atoms with Gasteiger partial charge in [0.1, 0.15) is 0 Å². The molecule has 1 aromatic heterocycles. The van der Waals surface area contributed by atoms with E-state index in [0.29, 0.717) is 11.6 Å². The lowest BCUT2D eigenvalue weighted by Gasteiger charge is -2.08. The highest BCUT2D eigenvalue weighted by Crippen LogP contribution is 2.07. The van der Waals surface area contributed by atoms with Gasteiger partial charge < -0.3 is 9.84 Å². The third kappa shape index (κ3) is 5.17. The van der Waals surface area contributed by atoms with Gasteiger partial charge in [-0.15, -0.1) is 0 Å². The maximum atomic E-state index is 11.8. The molecule has 1 amide bonds. The smallest absolute Gasteiger partial charge is 0.234 e. The summed E-state index contributed by atoms with van der Waals surface area (Å²) in [6, 6.07) is 8.54. The summed E-state index contributed by atoms with van der Waals surface area (Å²) in [6.45, 7) is 1.62. The second-order valence-electron chi connectivity index (χ2n) is 4.54. The Labute approximate surface area is 128 Å². The fourth-order valence-electron chi connectivity index (χ4n) is 1.68. The van der Waals surface area contributed by atoms with Gasteiger partial charge in [-0.1, -0.05) is 23.4 Å². The molecule has 0 saturated heterocycles. The maximum absolute atomic E-state index is 11.8. The number of aromatic nitrogens is 2. The highest BCUT2D eigenvalue weighted by atomic mass is 32.2. The Balaban J connectivity index is 1.76. The van der Waals surface area contributed by atoms with Crippen molar-refractivity contribution in [2.75, 3.05) is 17.0 Å². The fourth-order valence-corrected chi connectivity index (χ4v) is 2.65. The number of anilines is 1. The molecule has 0 spiro atoms. The zero-order valence-corrected chi connectivity index (χ0v) is 12.8. The van der Waals surface area contributed by atoms with Crippen molar-refractivity contribution in [3.63, 3.8) is 0 Å². The largest absolute Gasteiger partial charge is 0.355 e. The number of sulfonamides is 1. The second kappa shape index (κ2) is 7.03. The summed E-state index contributed by atoms with van der Waals surface area (Å²) in [7, 11) is -3.51. The highest BCUT2D eigenvalue weighted by Gasteiger charge is 2.12. The van der Waals surface area contributed by atoms with E-state index < -0.39 is 10.0 Å². The van der Waals surface area contributed by atoms with Gasteiger partial charge in [-0.05, 0) is 12.1 Å². The van der Waals surface area contributed by atoms with Gasteiger partial charge in [-0.3, -0.25) is 9.52 Å². The number of hydrogen-bond acceptors (Lipinski definition) is 6. The number of nitrogens with zero attached hydrogens (tertiary/aromatic N) is 2. The normalized spacial score (nSPS) is 11.1.